The topological polar surface area (TPSA) is 75.3 Å². The highest BCUT2D eigenvalue weighted by molar-refractivity contribution is 7.98. The maximum Gasteiger partial charge on any atom is 0.262 e. The number of anilines is 2. The highest BCUT2D eigenvalue weighted by Gasteiger charge is 2.19. The maximum atomic E-state index is 13.8. The van der Waals surface area contributed by atoms with E-state index in [1.54, 1.807) is 30.8 Å². The summed E-state index contributed by atoms with van der Waals surface area (Å²) in [7, 11) is -4.07. The van der Waals surface area contributed by atoms with Crippen molar-refractivity contribution >= 4 is 39.1 Å². The zero-order chi connectivity index (χ0) is 21.0. The predicted octanol–water partition coefficient (Wildman–Crippen LogP) is 4.91. The Morgan fingerprint density at radius 3 is 2.48 bits per heavy atom. The fraction of sp³-hybridized carbons (Fsp3) is 0.0952. The van der Waals surface area contributed by atoms with Gasteiger partial charge in [-0.15, -0.1) is 11.8 Å². The summed E-state index contributed by atoms with van der Waals surface area (Å²) in [5.74, 6) is -1.11. The van der Waals surface area contributed by atoms with Crippen LogP contribution < -0.4 is 10.0 Å². The van der Waals surface area contributed by atoms with E-state index in [1.165, 1.54) is 30.3 Å². The van der Waals surface area contributed by atoms with Gasteiger partial charge in [0.15, 0.2) is 0 Å². The third-order valence-electron chi connectivity index (χ3n) is 4.21. The van der Waals surface area contributed by atoms with E-state index in [0.29, 0.717) is 11.3 Å². The van der Waals surface area contributed by atoms with E-state index >= 15 is 0 Å². The third-order valence-corrected chi connectivity index (χ3v) is 6.30. The molecule has 1 amide bonds. The van der Waals surface area contributed by atoms with E-state index in [2.05, 4.69) is 10.0 Å². The number of para-hydroxylation sites is 1. The van der Waals surface area contributed by atoms with Gasteiger partial charge < -0.3 is 5.32 Å². The number of thioether (sulfide) groups is 1. The van der Waals surface area contributed by atoms with Gasteiger partial charge in [-0.3, -0.25) is 9.52 Å². The first kappa shape index (κ1) is 20.9. The van der Waals surface area contributed by atoms with Gasteiger partial charge >= 0.3 is 0 Å². The van der Waals surface area contributed by atoms with Crippen LogP contribution in [0.1, 0.15) is 15.9 Å². The number of sulfonamides is 1. The minimum atomic E-state index is -4.07. The van der Waals surface area contributed by atoms with Gasteiger partial charge in [0.25, 0.3) is 15.9 Å². The fourth-order valence-corrected chi connectivity index (χ4v) is 4.21. The Labute approximate surface area is 173 Å². The standard InChI is InChI=1S/C21H19FN2O3S2/c1-14-10-11-17(29(26,27)24-20-9-4-3-8-19(20)22)13-18(14)21(25)23-15-6-5-7-16(12-15)28-2/h3-13,24H,1-2H3,(H,23,25). The number of halogens is 1. The van der Waals surface area contributed by atoms with Crippen molar-refractivity contribution in [2.45, 2.75) is 16.7 Å². The van der Waals surface area contributed by atoms with Crippen molar-refractivity contribution in [3.05, 3.63) is 83.7 Å². The molecule has 0 aromatic heterocycles. The minimum Gasteiger partial charge on any atom is -0.322 e. The zero-order valence-corrected chi connectivity index (χ0v) is 17.4. The zero-order valence-electron chi connectivity index (χ0n) is 15.8. The van der Waals surface area contributed by atoms with Crippen LogP contribution in [0.15, 0.2) is 76.5 Å². The largest absolute Gasteiger partial charge is 0.322 e. The van der Waals surface area contributed by atoms with E-state index in [4.69, 9.17) is 0 Å². The third kappa shape index (κ3) is 4.96. The number of aryl methyl sites for hydroxylation is 1. The van der Waals surface area contributed by atoms with Gasteiger partial charge in [0.2, 0.25) is 0 Å². The molecule has 150 valence electrons. The highest BCUT2D eigenvalue weighted by atomic mass is 32.2. The summed E-state index contributed by atoms with van der Waals surface area (Å²) in [5, 5.41) is 2.78. The molecule has 0 unspecified atom stereocenters. The molecule has 0 saturated heterocycles. The van der Waals surface area contributed by atoms with Crippen LogP contribution in [0.5, 0.6) is 0 Å². The molecular formula is C21H19FN2O3S2. The summed E-state index contributed by atoms with van der Waals surface area (Å²) >= 11 is 1.55. The van der Waals surface area contributed by atoms with Crippen molar-refractivity contribution < 1.29 is 17.6 Å². The molecule has 3 rings (SSSR count). The number of nitrogens with one attached hydrogen (secondary N) is 2. The summed E-state index contributed by atoms with van der Waals surface area (Å²) in [6.07, 6.45) is 1.93. The van der Waals surface area contributed by atoms with Gasteiger partial charge in [-0.2, -0.15) is 0 Å². The van der Waals surface area contributed by atoms with E-state index in [9.17, 15) is 17.6 Å². The normalized spacial score (nSPS) is 11.1. The highest BCUT2D eigenvalue weighted by Crippen LogP contribution is 2.23. The summed E-state index contributed by atoms with van der Waals surface area (Å²) in [4.78, 5) is 13.6. The average Bonchev–Trinajstić information content (AvgIpc) is 2.70. The van der Waals surface area contributed by atoms with Crippen molar-refractivity contribution in [3.8, 4) is 0 Å². The lowest BCUT2D eigenvalue weighted by molar-refractivity contribution is 0.102. The van der Waals surface area contributed by atoms with Crippen LogP contribution in [0.4, 0.5) is 15.8 Å². The minimum absolute atomic E-state index is 0.130. The first-order chi connectivity index (χ1) is 13.8. The quantitative estimate of drug-likeness (QED) is 0.545. The van der Waals surface area contributed by atoms with Crippen molar-refractivity contribution in [1.29, 1.82) is 0 Å². The Morgan fingerprint density at radius 1 is 1.00 bits per heavy atom. The van der Waals surface area contributed by atoms with Crippen molar-refractivity contribution in [2.24, 2.45) is 0 Å². The van der Waals surface area contributed by atoms with Crippen LogP contribution >= 0.6 is 11.8 Å². The van der Waals surface area contributed by atoms with Crippen LogP contribution in [0.3, 0.4) is 0 Å². The first-order valence-corrected chi connectivity index (χ1v) is 11.3. The smallest absolute Gasteiger partial charge is 0.262 e. The number of hydrogen-bond donors (Lipinski definition) is 2. The SMILES string of the molecule is CSc1cccc(NC(=O)c2cc(S(=O)(=O)Nc3ccccc3F)ccc2C)c1. The van der Waals surface area contributed by atoms with E-state index in [-0.39, 0.29) is 16.1 Å². The van der Waals surface area contributed by atoms with Crippen LogP contribution in [-0.4, -0.2) is 20.6 Å². The maximum absolute atomic E-state index is 13.8. The molecule has 8 heteroatoms. The van der Waals surface area contributed by atoms with Gasteiger partial charge in [-0.25, -0.2) is 12.8 Å². The monoisotopic (exact) mass is 430 g/mol. The second kappa shape index (κ2) is 8.67. The Kier molecular flexibility index (Phi) is 6.24. The van der Waals surface area contributed by atoms with Crippen molar-refractivity contribution in [2.75, 3.05) is 16.3 Å². The van der Waals surface area contributed by atoms with Crippen LogP contribution in [0, 0.1) is 12.7 Å². The Hall–Kier alpha value is -2.84. The van der Waals surface area contributed by atoms with Crippen molar-refractivity contribution in [3.63, 3.8) is 0 Å². The second-order valence-electron chi connectivity index (χ2n) is 6.25. The van der Waals surface area contributed by atoms with Crippen LogP contribution in [-0.2, 0) is 10.0 Å². The molecule has 0 aliphatic heterocycles. The number of benzene rings is 3. The average molecular weight is 431 g/mol. The molecule has 0 radical (unpaired) electrons. The molecule has 2 N–H and O–H groups in total. The van der Waals surface area contributed by atoms with Gasteiger partial charge in [-0.1, -0.05) is 24.3 Å². The number of hydrogen-bond acceptors (Lipinski definition) is 4. The molecule has 0 spiro atoms. The predicted molar refractivity (Wildman–Crippen MR) is 115 cm³/mol. The molecule has 5 nitrogen and oxygen atoms in total. The van der Waals surface area contributed by atoms with Gasteiger partial charge in [0, 0.05) is 16.1 Å². The summed E-state index contributed by atoms with van der Waals surface area (Å²) < 4.78 is 41.4. The fourth-order valence-electron chi connectivity index (χ4n) is 2.66. The molecule has 3 aromatic carbocycles. The van der Waals surface area contributed by atoms with Gasteiger partial charge in [-0.05, 0) is 61.2 Å². The number of carbonyl (C=O) groups is 1. The molecule has 3 aromatic rings. The molecule has 0 saturated carbocycles. The van der Waals surface area contributed by atoms with Crippen LogP contribution in [0.2, 0.25) is 0 Å². The molecule has 0 aliphatic rings. The lowest BCUT2D eigenvalue weighted by atomic mass is 10.1. The van der Waals surface area contributed by atoms with E-state index in [1.807, 2.05) is 24.5 Å². The van der Waals surface area contributed by atoms with Crippen molar-refractivity contribution in [1.82, 2.24) is 0 Å². The van der Waals surface area contributed by atoms with Gasteiger partial charge in [0.1, 0.15) is 5.82 Å². The summed E-state index contributed by atoms with van der Waals surface area (Å²) in [6, 6.07) is 17.0. The second-order valence-corrected chi connectivity index (χ2v) is 8.81. The molecule has 0 heterocycles. The summed E-state index contributed by atoms with van der Waals surface area (Å²) in [6.45, 7) is 1.72. The van der Waals surface area contributed by atoms with E-state index in [0.717, 1.165) is 11.0 Å². The lowest BCUT2D eigenvalue weighted by Crippen LogP contribution is -2.17. The Balaban J connectivity index is 1.89. The first-order valence-electron chi connectivity index (χ1n) is 8.63. The molecule has 0 atom stereocenters. The molecule has 0 aliphatic carbocycles. The summed E-state index contributed by atoms with van der Waals surface area (Å²) in [5.41, 5.74) is 1.29. The van der Waals surface area contributed by atoms with Gasteiger partial charge in [0.05, 0.1) is 10.6 Å². The number of carbonyl (C=O) groups excluding carboxylic acids is 1. The Morgan fingerprint density at radius 2 is 1.76 bits per heavy atom. The number of amides is 1. The molecule has 0 fully saturated rings. The Bertz CT molecular complexity index is 1160. The number of rotatable bonds is 6. The molecule has 29 heavy (non-hydrogen) atoms. The molecular weight excluding hydrogens is 411 g/mol. The van der Waals surface area contributed by atoms with Crippen LogP contribution in [0.25, 0.3) is 0 Å². The van der Waals surface area contributed by atoms with E-state index < -0.39 is 21.7 Å². The lowest BCUT2D eigenvalue weighted by Gasteiger charge is -2.12. The molecule has 0 bridgehead atoms.